The summed E-state index contributed by atoms with van der Waals surface area (Å²) in [5.74, 6) is -9.83. The third-order valence-electron chi connectivity index (χ3n) is 19.2. The molecular weight excluding hydrogens is 1220 g/mol. The first-order valence-corrected chi connectivity index (χ1v) is 34.8. The van der Waals surface area contributed by atoms with E-state index in [9.17, 15) is 24.3 Å². The van der Waals surface area contributed by atoms with Gasteiger partial charge >= 0.3 is 0 Å². The van der Waals surface area contributed by atoms with Crippen molar-refractivity contribution >= 4 is 65.0 Å². The number of aliphatic hydroxyl groups excluding tert-OH is 1. The average molecular weight is 1340 g/mol. The van der Waals surface area contributed by atoms with Crippen molar-refractivity contribution in [3.8, 4) is 0 Å². The number of nitrogens with zero attached hydrogens (tertiary/aromatic N) is 8. The molecule has 0 aromatic rings. The van der Waals surface area contributed by atoms with E-state index in [2.05, 4.69) is 26.2 Å². The summed E-state index contributed by atoms with van der Waals surface area (Å²) in [5.41, 5.74) is 0. The maximum absolute atomic E-state index is 15.3. The summed E-state index contributed by atoms with van der Waals surface area (Å²) >= 11 is 0. The van der Waals surface area contributed by atoms with Gasteiger partial charge in [-0.15, -0.1) is 0 Å². The molecule has 0 aromatic heterocycles. The van der Waals surface area contributed by atoms with Crippen LogP contribution in [0.15, 0.2) is 12.2 Å². The number of hydrogen-bond donors (Lipinski definition) is 5. The zero-order valence-electron chi connectivity index (χ0n) is 62.8. The molecule has 0 radical (unpaired) electrons. The van der Waals surface area contributed by atoms with Crippen molar-refractivity contribution in [2.75, 3.05) is 69.0 Å². The molecule has 16 atom stereocenters. The zero-order chi connectivity index (χ0) is 73.1. The van der Waals surface area contributed by atoms with E-state index in [0.717, 1.165) is 4.90 Å². The van der Waals surface area contributed by atoms with Crippen LogP contribution in [0.25, 0.3) is 0 Å². The maximum atomic E-state index is 15.3. The Morgan fingerprint density at radius 1 is 0.505 bits per heavy atom. The molecule has 0 spiro atoms. The van der Waals surface area contributed by atoms with Crippen molar-refractivity contribution in [2.45, 2.75) is 261 Å². The molecular formula is C70H126N12O13. The van der Waals surface area contributed by atoms with Gasteiger partial charge in [0.1, 0.15) is 66.5 Å². The third-order valence-corrected chi connectivity index (χ3v) is 19.2. The van der Waals surface area contributed by atoms with Gasteiger partial charge in [0.25, 0.3) is 0 Å². The standard InChI is InChI=1S/C70H126N12O13/c1-27-29-30-44(13)59(83)58-63(87)73-51(28-2)66(90)75(20)50(19)65(89)80(25)57(45(14)36-82-37-47(16)95-38-46(82)15)62(86)74-55(42(9)10)69(93)76(21)52(33-31-39(3)4)61(85)71-48(17)60(84)72-49(18)64(88)78(23)54(35-41(7)8)68(92)77(22)53(34-32-40(5)6)67(91)79(24)56(43(11)12)70(94)81(58)26/h27,29,39-59,83H,28,30-38H2,1-26H3,(H,71,85)(H,72,84)(H,73,87)(H,74,86)/b29-27+/t44-,45-,46+,47+,48+,49-,50-,51+,52+,53+,54+,55+,56+,57+,58+,59-/m1/s1. The average Bonchev–Trinajstić information content (AvgIpc) is 0.812. The second-order valence-electron chi connectivity index (χ2n) is 29.4. The number of carbonyl (C=O) groups is 11. The van der Waals surface area contributed by atoms with Crippen molar-refractivity contribution < 1.29 is 62.6 Å². The highest BCUT2D eigenvalue weighted by Crippen LogP contribution is 2.27. The Morgan fingerprint density at radius 2 is 1.00 bits per heavy atom. The molecule has 544 valence electrons. The Morgan fingerprint density at radius 3 is 1.52 bits per heavy atom. The highest BCUT2D eigenvalue weighted by atomic mass is 16.5. The molecule has 2 aliphatic rings. The Kier molecular flexibility index (Phi) is 34.5. The second-order valence-corrected chi connectivity index (χ2v) is 29.4. The van der Waals surface area contributed by atoms with Crippen LogP contribution in [0, 0.1) is 41.4 Å². The smallest absolute Gasteiger partial charge is 0.246 e. The van der Waals surface area contributed by atoms with E-state index in [-0.39, 0.29) is 55.6 Å². The fraction of sp³-hybridized carbons (Fsp3) is 0.814. The summed E-state index contributed by atoms with van der Waals surface area (Å²) in [6.45, 7) is 35.2. The van der Waals surface area contributed by atoms with Crippen molar-refractivity contribution in [1.82, 2.24) is 60.5 Å². The predicted molar refractivity (Wildman–Crippen MR) is 368 cm³/mol. The highest BCUT2D eigenvalue weighted by Gasteiger charge is 2.47. The SMILES string of the molecule is C/C=C/C[C@@H](C)[C@@H](O)[C@H]1C(=O)N[C@@H](CC)C(=O)N(C)[C@H](C)C(=O)N(C)[C@@H]([C@H](C)CN2C[C@H](C)OC[C@@H]2C)C(=O)N[C@@H](C(C)C)C(=O)N(C)[C@@H](CCC(C)C)C(=O)N[C@@H](C)C(=O)N[C@H](C)C(=O)N(C)[C@@H](CC(C)C)C(=O)N(C)[C@@H](CCC(C)C)C(=O)N(C)[C@@H](C(C)C)C(=O)N1C. The van der Waals surface area contributed by atoms with Gasteiger partial charge in [-0.1, -0.05) is 102 Å². The van der Waals surface area contributed by atoms with Crippen molar-refractivity contribution in [2.24, 2.45) is 41.4 Å². The minimum absolute atomic E-state index is 0.00242. The topological polar surface area (TPSA) is 291 Å². The van der Waals surface area contributed by atoms with Gasteiger partial charge in [-0.3, -0.25) is 57.6 Å². The molecule has 11 amide bonds. The molecule has 2 heterocycles. The third kappa shape index (κ3) is 23.2. The predicted octanol–water partition coefficient (Wildman–Crippen LogP) is 4.14. The summed E-state index contributed by atoms with van der Waals surface area (Å²) in [5, 5.41) is 23.5. The Hall–Kier alpha value is -6.21. The molecule has 2 fully saturated rings. The van der Waals surface area contributed by atoms with Gasteiger partial charge in [0.15, 0.2) is 0 Å². The number of rotatable bonds is 18. The van der Waals surface area contributed by atoms with Gasteiger partial charge in [0.05, 0.1) is 18.8 Å². The Labute approximate surface area is 569 Å². The van der Waals surface area contributed by atoms with Gasteiger partial charge in [-0.25, -0.2) is 0 Å². The summed E-state index contributed by atoms with van der Waals surface area (Å²) in [4.78, 5) is 175. The normalized spacial score (nSPS) is 29.2. The van der Waals surface area contributed by atoms with Crippen LogP contribution in [0.1, 0.15) is 176 Å². The number of carbonyl (C=O) groups excluding carboxylic acids is 11. The number of hydrogen-bond acceptors (Lipinski definition) is 14. The van der Waals surface area contributed by atoms with E-state index in [1.54, 1.807) is 47.6 Å². The van der Waals surface area contributed by atoms with E-state index >= 15 is 33.6 Å². The van der Waals surface area contributed by atoms with E-state index in [4.69, 9.17) is 4.74 Å². The number of morpholine rings is 1. The lowest BCUT2D eigenvalue weighted by Gasteiger charge is -2.42. The molecule has 2 saturated heterocycles. The van der Waals surface area contributed by atoms with Gasteiger partial charge < -0.3 is 65.4 Å². The van der Waals surface area contributed by atoms with E-state index in [1.165, 1.54) is 99.5 Å². The van der Waals surface area contributed by atoms with Crippen LogP contribution >= 0.6 is 0 Å². The summed E-state index contributed by atoms with van der Waals surface area (Å²) in [6, 6.07) is -13.9. The zero-order valence-corrected chi connectivity index (χ0v) is 62.8. The lowest BCUT2D eigenvalue weighted by atomic mass is 9.91. The van der Waals surface area contributed by atoms with Crippen LogP contribution in [-0.4, -0.2) is 263 Å². The number of allylic oxidation sites excluding steroid dienone is 2. The van der Waals surface area contributed by atoms with Gasteiger partial charge in [-0.2, -0.15) is 0 Å². The lowest BCUT2D eigenvalue weighted by Crippen LogP contribution is -2.64. The van der Waals surface area contributed by atoms with Gasteiger partial charge in [0, 0.05) is 68.5 Å². The molecule has 0 unspecified atom stereocenters. The van der Waals surface area contributed by atoms with Crippen molar-refractivity contribution in [3.05, 3.63) is 12.2 Å². The van der Waals surface area contributed by atoms with Crippen LogP contribution in [0.3, 0.4) is 0 Å². The minimum Gasteiger partial charge on any atom is -0.390 e. The highest BCUT2D eigenvalue weighted by molar-refractivity contribution is 6.00. The van der Waals surface area contributed by atoms with Gasteiger partial charge in [0.2, 0.25) is 65.0 Å². The van der Waals surface area contributed by atoms with Crippen LogP contribution in [-0.2, 0) is 57.5 Å². The molecule has 95 heavy (non-hydrogen) atoms. The lowest BCUT2D eigenvalue weighted by molar-refractivity contribution is -0.157. The summed E-state index contributed by atoms with van der Waals surface area (Å²) < 4.78 is 5.93. The van der Waals surface area contributed by atoms with E-state index in [0.29, 0.717) is 39.0 Å². The van der Waals surface area contributed by atoms with Crippen molar-refractivity contribution in [1.29, 1.82) is 0 Å². The van der Waals surface area contributed by atoms with E-state index in [1.807, 2.05) is 75.3 Å². The molecule has 0 aliphatic carbocycles. The van der Waals surface area contributed by atoms with Crippen LogP contribution in [0.4, 0.5) is 0 Å². The van der Waals surface area contributed by atoms with E-state index < -0.39 is 161 Å². The number of nitrogens with one attached hydrogen (secondary N) is 4. The quantitative estimate of drug-likeness (QED) is 0.121. The first-order chi connectivity index (χ1) is 44.0. The molecule has 25 nitrogen and oxygen atoms in total. The number of likely N-dealkylation sites (N-methyl/N-ethyl adjacent to an activating group) is 7. The fourth-order valence-corrected chi connectivity index (χ4v) is 12.7. The summed E-state index contributed by atoms with van der Waals surface area (Å²) in [6.07, 6.45) is 3.72. The minimum atomic E-state index is -1.63. The largest absolute Gasteiger partial charge is 0.390 e. The molecule has 0 saturated carbocycles. The number of aliphatic hydroxyl groups is 1. The van der Waals surface area contributed by atoms with Crippen LogP contribution in [0.2, 0.25) is 0 Å². The number of ether oxygens (including phenoxy) is 1. The monoisotopic (exact) mass is 1340 g/mol. The molecule has 5 N–H and O–H groups in total. The molecule has 2 aliphatic heterocycles. The van der Waals surface area contributed by atoms with Crippen LogP contribution < -0.4 is 21.3 Å². The molecule has 2 rings (SSSR count). The molecule has 25 heteroatoms. The summed E-state index contributed by atoms with van der Waals surface area (Å²) in [7, 11) is 10.1. The number of amides is 11. The van der Waals surface area contributed by atoms with Crippen molar-refractivity contribution in [3.63, 3.8) is 0 Å². The first-order valence-electron chi connectivity index (χ1n) is 34.8. The first kappa shape index (κ1) is 84.9. The van der Waals surface area contributed by atoms with Gasteiger partial charge in [-0.05, 0) is 128 Å². The fourth-order valence-electron chi connectivity index (χ4n) is 12.7. The Balaban J connectivity index is 3.09. The van der Waals surface area contributed by atoms with Crippen LogP contribution in [0.5, 0.6) is 0 Å². The second kappa shape index (κ2) is 38.7. The molecule has 0 bridgehead atoms. The molecule has 0 aromatic carbocycles. The maximum Gasteiger partial charge on any atom is 0.246 e. The Bertz CT molecular complexity index is 2620.